The molecule has 96 valence electrons. The third-order valence-corrected chi connectivity index (χ3v) is 3.84. The quantitative estimate of drug-likeness (QED) is 0.899. The van der Waals surface area contributed by atoms with Crippen molar-refractivity contribution in [2.24, 2.45) is 0 Å². The van der Waals surface area contributed by atoms with Crippen LogP contribution in [0, 0.1) is 6.92 Å². The van der Waals surface area contributed by atoms with E-state index in [2.05, 4.69) is 27.1 Å². The highest BCUT2D eigenvalue weighted by Crippen LogP contribution is 2.32. The Morgan fingerprint density at radius 2 is 2.33 bits per heavy atom. The van der Waals surface area contributed by atoms with Crippen molar-refractivity contribution in [1.82, 2.24) is 14.1 Å². The van der Waals surface area contributed by atoms with Crippen molar-refractivity contribution in [1.29, 1.82) is 0 Å². The topological polar surface area (TPSA) is 43.0 Å². The van der Waals surface area contributed by atoms with Crippen LogP contribution in [0.4, 0.5) is 0 Å². The summed E-state index contributed by atoms with van der Waals surface area (Å²) in [7, 11) is 0. The van der Waals surface area contributed by atoms with Crippen molar-refractivity contribution in [3.63, 3.8) is 0 Å². The first kappa shape index (κ1) is 11.5. The van der Waals surface area contributed by atoms with Gasteiger partial charge in [-0.15, -0.1) is 0 Å². The molecule has 4 heteroatoms. The Balaban J connectivity index is 1.83. The third kappa shape index (κ3) is 1.97. The van der Waals surface area contributed by atoms with Crippen LogP contribution in [0.2, 0.25) is 0 Å². The summed E-state index contributed by atoms with van der Waals surface area (Å²) in [5.41, 5.74) is 3.72. The molecule has 1 aliphatic rings. The van der Waals surface area contributed by atoms with E-state index in [9.17, 15) is 5.11 Å². The minimum absolute atomic E-state index is 0.262. The summed E-state index contributed by atoms with van der Waals surface area (Å²) in [5, 5.41) is 10.0. The highest BCUT2D eigenvalue weighted by Gasteiger charge is 2.22. The molecule has 0 saturated heterocycles. The first-order valence-corrected chi connectivity index (χ1v) is 6.58. The van der Waals surface area contributed by atoms with Crippen LogP contribution in [0.5, 0.6) is 0 Å². The molecule has 1 atom stereocenters. The van der Waals surface area contributed by atoms with Gasteiger partial charge >= 0.3 is 0 Å². The summed E-state index contributed by atoms with van der Waals surface area (Å²) in [6.07, 6.45) is 8.45. The smallest absolute Gasteiger partial charge is 0.0946 e. The molecule has 0 spiro atoms. The molecule has 4 nitrogen and oxygen atoms in total. The number of aliphatic hydroxyl groups is 1. The van der Waals surface area contributed by atoms with Crippen LogP contribution in [0.15, 0.2) is 24.8 Å². The number of hydrogen-bond acceptors (Lipinski definition) is 2. The van der Waals surface area contributed by atoms with Crippen molar-refractivity contribution >= 4 is 0 Å². The summed E-state index contributed by atoms with van der Waals surface area (Å²) >= 11 is 0. The van der Waals surface area contributed by atoms with Gasteiger partial charge in [0.25, 0.3) is 0 Å². The van der Waals surface area contributed by atoms with Gasteiger partial charge in [-0.1, -0.05) is 0 Å². The van der Waals surface area contributed by atoms with E-state index in [1.54, 1.807) is 0 Å². The molecule has 3 rings (SSSR count). The Kier molecular flexibility index (Phi) is 2.96. The Morgan fingerprint density at radius 1 is 1.44 bits per heavy atom. The third-order valence-electron chi connectivity index (χ3n) is 3.84. The minimum Gasteiger partial charge on any atom is -0.388 e. The Morgan fingerprint density at radius 3 is 3.11 bits per heavy atom. The number of hydrogen-bond donors (Lipinski definition) is 1. The zero-order chi connectivity index (χ0) is 12.5. The molecule has 0 aliphatic heterocycles. The molecular weight excluding hydrogens is 226 g/mol. The van der Waals surface area contributed by atoms with Crippen LogP contribution in [0.1, 0.15) is 35.9 Å². The summed E-state index contributed by atoms with van der Waals surface area (Å²) in [4.78, 5) is 4.06. The molecular formula is C14H19N3O. The zero-order valence-corrected chi connectivity index (χ0v) is 10.7. The second-order valence-electron chi connectivity index (χ2n) is 5.05. The predicted octanol–water partition coefficient (Wildman–Crippen LogP) is 2.06. The van der Waals surface area contributed by atoms with Gasteiger partial charge in [0.05, 0.1) is 12.4 Å². The van der Waals surface area contributed by atoms with Gasteiger partial charge in [0, 0.05) is 42.4 Å². The van der Waals surface area contributed by atoms with Gasteiger partial charge in [-0.2, -0.15) is 0 Å². The fourth-order valence-electron chi connectivity index (χ4n) is 2.89. The number of imidazole rings is 1. The normalized spacial score (nSPS) is 18.9. The van der Waals surface area contributed by atoms with E-state index in [-0.39, 0.29) is 6.10 Å². The van der Waals surface area contributed by atoms with E-state index < -0.39 is 0 Å². The summed E-state index contributed by atoms with van der Waals surface area (Å²) < 4.78 is 4.43. The summed E-state index contributed by atoms with van der Waals surface area (Å²) in [6.45, 7) is 4.00. The van der Waals surface area contributed by atoms with Gasteiger partial charge in [0.2, 0.25) is 0 Å². The highest BCUT2D eigenvalue weighted by molar-refractivity contribution is 5.31. The fourth-order valence-corrected chi connectivity index (χ4v) is 2.89. The van der Waals surface area contributed by atoms with Crippen molar-refractivity contribution in [3.05, 3.63) is 41.7 Å². The summed E-state index contributed by atoms with van der Waals surface area (Å²) in [6, 6.07) is 2.15. The molecule has 0 radical (unpaired) electrons. The minimum atomic E-state index is -0.262. The lowest BCUT2D eigenvalue weighted by molar-refractivity contribution is 0.155. The molecule has 1 aliphatic carbocycles. The molecule has 2 aromatic rings. The molecule has 0 bridgehead atoms. The van der Waals surface area contributed by atoms with Gasteiger partial charge in [0.15, 0.2) is 0 Å². The van der Waals surface area contributed by atoms with Crippen LogP contribution in [-0.2, 0) is 19.5 Å². The average Bonchev–Trinajstić information content (AvgIpc) is 2.95. The summed E-state index contributed by atoms with van der Waals surface area (Å²) in [5.74, 6) is 0. The average molecular weight is 245 g/mol. The second kappa shape index (κ2) is 4.61. The van der Waals surface area contributed by atoms with Crippen molar-refractivity contribution in [2.45, 2.75) is 45.4 Å². The van der Waals surface area contributed by atoms with E-state index in [1.807, 2.05) is 18.7 Å². The van der Waals surface area contributed by atoms with Crippen molar-refractivity contribution < 1.29 is 5.11 Å². The molecule has 1 unspecified atom stereocenters. The number of fused-ring (bicyclic) bond motifs is 1. The van der Waals surface area contributed by atoms with Crippen LogP contribution in [0.3, 0.4) is 0 Å². The maximum Gasteiger partial charge on any atom is 0.0946 e. The molecule has 1 N–H and O–H groups in total. The van der Waals surface area contributed by atoms with Gasteiger partial charge in [-0.25, -0.2) is 4.98 Å². The van der Waals surface area contributed by atoms with Gasteiger partial charge in [-0.05, 0) is 32.3 Å². The first-order valence-electron chi connectivity index (χ1n) is 6.58. The number of rotatable bonds is 3. The molecule has 0 fully saturated rings. The van der Waals surface area contributed by atoms with Gasteiger partial charge in [-0.3, -0.25) is 0 Å². The molecule has 2 aromatic heterocycles. The van der Waals surface area contributed by atoms with E-state index in [0.717, 1.165) is 37.9 Å². The molecule has 18 heavy (non-hydrogen) atoms. The lowest BCUT2D eigenvalue weighted by Gasteiger charge is -2.20. The highest BCUT2D eigenvalue weighted by atomic mass is 16.3. The number of aryl methyl sites for hydroxylation is 2. The van der Waals surface area contributed by atoms with Crippen LogP contribution in [-0.4, -0.2) is 19.2 Å². The predicted molar refractivity (Wildman–Crippen MR) is 69.3 cm³/mol. The van der Waals surface area contributed by atoms with E-state index in [1.165, 1.54) is 11.4 Å². The lowest BCUT2D eigenvalue weighted by Crippen LogP contribution is -2.14. The molecule has 0 amide bonds. The van der Waals surface area contributed by atoms with Crippen LogP contribution in [0.25, 0.3) is 0 Å². The Hall–Kier alpha value is -1.55. The molecule has 0 saturated carbocycles. The standard InChI is InChI=1S/C14H19N3O/c1-11-9-12-13(3-2-4-14(12)18)17(11)8-7-16-6-5-15-10-16/h5-6,9-10,14,18H,2-4,7-8H2,1H3. The Bertz CT molecular complexity index is 527. The fraction of sp³-hybridized carbons (Fsp3) is 0.500. The maximum absolute atomic E-state index is 10.0. The van der Waals surface area contributed by atoms with E-state index in [4.69, 9.17) is 0 Å². The van der Waals surface area contributed by atoms with Crippen molar-refractivity contribution in [2.75, 3.05) is 0 Å². The second-order valence-corrected chi connectivity index (χ2v) is 5.05. The Labute approximate surface area is 107 Å². The van der Waals surface area contributed by atoms with E-state index >= 15 is 0 Å². The zero-order valence-electron chi connectivity index (χ0n) is 10.7. The lowest BCUT2D eigenvalue weighted by atomic mass is 9.95. The monoisotopic (exact) mass is 245 g/mol. The van der Waals surface area contributed by atoms with Crippen LogP contribution < -0.4 is 0 Å². The van der Waals surface area contributed by atoms with Crippen molar-refractivity contribution in [3.8, 4) is 0 Å². The van der Waals surface area contributed by atoms with Crippen LogP contribution >= 0.6 is 0 Å². The number of nitrogens with zero attached hydrogens (tertiary/aromatic N) is 3. The largest absolute Gasteiger partial charge is 0.388 e. The first-order chi connectivity index (χ1) is 8.75. The SMILES string of the molecule is Cc1cc2c(n1CCn1ccnc1)CCCC2O. The van der Waals surface area contributed by atoms with E-state index in [0.29, 0.717) is 0 Å². The number of aromatic nitrogens is 3. The van der Waals surface area contributed by atoms with Gasteiger partial charge < -0.3 is 14.2 Å². The molecule has 2 heterocycles. The molecule has 0 aromatic carbocycles. The maximum atomic E-state index is 10.0. The number of aliphatic hydroxyl groups excluding tert-OH is 1. The van der Waals surface area contributed by atoms with Gasteiger partial charge in [0.1, 0.15) is 0 Å².